The Morgan fingerprint density at radius 3 is 2.80 bits per heavy atom. The molecule has 0 atom stereocenters. The number of amides is 1. The van der Waals surface area contributed by atoms with E-state index in [-0.39, 0.29) is 6.09 Å². The zero-order valence-electron chi connectivity index (χ0n) is 9.45. The van der Waals surface area contributed by atoms with Gasteiger partial charge in [0.25, 0.3) is 0 Å². The smallest absolute Gasteiger partial charge is 0.409 e. The molecule has 5 heteroatoms. The van der Waals surface area contributed by atoms with Gasteiger partial charge in [-0.3, -0.25) is 0 Å². The quantitative estimate of drug-likeness (QED) is 0.726. The average Bonchev–Trinajstić information content (AvgIpc) is 2.44. The molecule has 0 bridgehead atoms. The number of hydrogen-bond donors (Lipinski definition) is 1. The van der Waals surface area contributed by atoms with E-state index in [0.29, 0.717) is 13.2 Å². The van der Waals surface area contributed by atoms with E-state index in [4.69, 9.17) is 10.5 Å². The summed E-state index contributed by atoms with van der Waals surface area (Å²) < 4.78 is 4.98. The summed E-state index contributed by atoms with van der Waals surface area (Å²) >= 11 is 0. The van der Waals surface area contributed by atoms with E-state index < -0.39 is 0 Å². The maximum absolute atomic E-state index is 11.5. The van der Waals surface area contributed by atoms with Crippen LogP contribution in [0.2, 0.25) is 0 Å². The van der Waals surface area contributed by atoms with Gasteiger partial charge >= 0.3 is 6.09 Å². The van der Waals surface area contributed by atoms with Gasteiger partial charge in [0, 0.05) is 32.7 Å². The molecule has 1 heterocycles. The van der Waals surface area contributed by atoms with Crippen LogP contribution in [-0.2, 0) is 4.74 Å². The van der Waals surface area contributed by atoms with Gasteiger partial charge in [0.05, 0.1) is 6.61 Å². The van der Waals surface area contributed by atoms with Gasteiger partial charge in [0.2, 0.25) is 0 Å². The molecule has 1 rings (SSSR count). The molecule has 1 aliphatic heterocycles. The second-order valence-corrected chi connectivity index (χ2v) is 3.67. The van der Waals surface area contributed by atoms with Crippen molar-refractivity contribution in [2.24, 2.45) is 5.73 Å². The van der Waals surface area contributed by atoms with Gasteiger partial charge in [0.15, 0.2) is 0 Å². The Morgan fingerprint density at radius 1 is 1.33 bits per heavy atom. The van der Waals surface area contributed by atoms with Crippen LogP contribution in [0.3, 0.4) is 0 Å². The van der Waals surface area contributed by atoms with Gasteiger partial charge in [-0.25, -0.2) is 4.79 Å². The van der Waals surface area contributed by atoms with Crippen molar-refractivity contribution >= 4 is 6.09 Å². The summed E-state index contributed by atoms with van der Waals surface area (Å²) in [6, 6.07) is 0. The van der Waals surface area contributed by atoms with Crippen LogP contribution >= 0.6 is 0 Å². The number of hydrogen-bond acceptors (Lipinski definition) is 4. The number of carbonyl (C=O) groups is 1. The molecular formula is C10H21N3O2. The van der Waals surface area contributed by atoms with Crippen LogP contribution in [0.5, 0.6) is 0 Å². The Bertz CT molecular complexity index is 199. The largest absolute Gasteiger partial charge is 0.450 e. The number of nitrogens with zero attached hydrogens (tertiary/aromatic N) is 2. The topological polar surface area (TPSA) is 58.8 Å². The highest BCUT2D eigenvalue weighted by atomic mass is 16.6. The minimum absolute atomic E-state index is 0.188. The first-order valence-electron chi connectivity index (χ1n) is 5.62. The second kappa shape index (κ2) is 6.63. The van der Waals surface area contributed by atoms with Crippen LogP contribution < -0.4 is 5.73 Å². The second-order valence-electron chi connectivity index (χ2n) is 3.67. The predicted molar refractivity (Wildman–Crippen MR) is 58.7 cm³/mol. The Kier molecular flexibility index (Phi) is 5.42. The van der Waals surface area contributed by atoms with E-state index in [1.807, 2.05) is 6.92 Å². The lowest BCUT2D eigenvalue weighted by atomic mass is 10.4. The Labute approximate surface area is 91.2 Å². The summed E-state index contributed by atoms with van der Waals surface area (Å²) in [5.41, 5.74) is 5.51. The third-order valence-electron chi connectivity index (χ3n) is 2.56. The standard InChI is InChI=1S/C10H21N3O2/c1-2-15-10(14)13-6-3-5-12(7-4-11)8-9-13/h2-9,11H2,1H3. The van der Waals surface area contributed by atoms with Crippen molar-refractivity contribution in [3.8, 4) is 0 Å². The molecule has 5 nitrogen and oxygen atoms in total. The van der Waals surface area contributed by atoms with Crippen LogP contribution in [0.4, 0.5) is 4.79 Å². The molecule has 0 unspecified atom stereocenters. The fourth-order valence-corrected chi connectivity index (χ4v) is 1.77. The van der Waals surface area contributed by atoms with Crippen molar-refractivity contribution in [3.05, 3.63) is 0 Å². The summed E-state index contributed by atoms with van der Waals surface area (Å²) in [5, 5.41) is 0. The van der Waals surface area contributed by atoms with Crippen LogP contribution in [0.15, 0.2) is 0 Å². The van der Waals surface area contributed by atoms with Gasteiger partial charge in [-0.05, 0) is 19.9 Å². The first-order valence-corrected chi connectivity index (χ1v) is 5.62. The summed E-state index contributed by atoms with van der Waals surface area (Å²) in [6.45, 7) is 7.33. The first-order chi connectivity index (χ1) is 7.27. The fraction of sp³-hybridized carbons (Fsp3) is 0.900. The lowest BCUT2D eigenvalue weighted by Crippen LogP contribution is -2.36. The molecule has 1 amide bonds. The molecule has 0 aromatic carbocycles. The van der Waals surface area contributed by atoms with Gasteiger partial charge in [-0.15, -0.1) is 0 Å². The lowest BCUT2D eigenvalue weighted by Gasteiger charge is -2.20. The molecule has 15 heavy (non-hydrogen) atoms. The number of carbonyl (C=O) groups excluding carboxylic acids is 1. The molecule has 0 aromatic heterocycles. The Hall–Kier alpha value is -0.810. The number of nitrogens with two attached hydrogens (primary N) is 1. The third kappa shape index (κ3) is 4.05. The Morgan fingerprint density at radius 2 is 2.13 bits per heavy atom. The van der Waals surface area contributed by atoms with E-state index in [1.165, 1.54) is 0 Å². The van der Waals surface area contributed by atoms with Crippen molar-refractivity contribution < 1.29 is 9.53 Å². The van der Waals surface area contributed by atoms with E-state index >= 15 is 0 Å². The molecule has 0 saturated carbocycles. The van der Waals surface area contributed by atoms with Crippen LogP contribution in [0.25, 0.3) is 0 Å². The van der Waals surface area contributed by atoms with Gasteiger partial charge < -0.3 is 20.3 Å². The van der Waals surface area contributed by atoms with Crippen LogP contribution in [0.1, 0.15) is 13.3 Å². The normalized spacial score (nSPS) is 18.7. The molecule has 1 aliphatic rings. The summed E-state index contributed by atoms with van der Waals surface area (Å²) in [7, 11) is 0. The average molecular weight is 215 g/mol. The van der Waals surface area contributed by atoms with Crippen molar-refractivity contribution in [1.29, 1.82) is 0 Å². The highest BCUT2D eigenvalue weighted by Gasteiger charge is 2.18. The molecule has 0 spiro atoms. The van der Waals surface area contributed by atoms with Crippen molar-refractivity contribution in [2.75, 3.05) is 45.9 Å². The zero-order chi connectivity index (χ0) is 11.1. The van der Waals surface area contributed by atoms with Gasteiger partial charge in [0.1, 0.15) is 0 Å². The van der Waals surface area contributed by atoms with E-state index in [1.54, 1.807) is 4.90 Å². The fourth-order valence-electron chi connectivity index (χ4n) is 1.77. The van der Waals surface area contributed by atoms with E-state index in [0.717, 1.165) is 39.1 Å². The minimum atomic E-state index is -0.188. The monoisotopic (exact) mass is 215 g/mol. The highest BCUT2D eigenvalue weighted by molar-refractivity contribution is 5.67. The summed E-state index contributed by atoms with van der Waals surface area (Å²) in [6.07, 6.45) is 0.811. The zero-order valence-corrected chi connectivity index (χ0v) is 9.45. The van der Waals surface area contributed by atoms with E-state index in [9.17, 15) is 4.79 Å². The third-order valence-corrected chi connectivity index (χ3v) is 2.56. The maximum Gasteiger partial charge on any atom is 0.409 e. The minimum Gasteiger partial charge on any atom is -0.450 e. The Balaban J connectivity index is 2.35. The van der Waals surface area contributed by atoms with Crippen LogP contribution in [-0.4, -0.2) is 61.8 Å². The van der Waals surface area contributed by atoms with Crippen molar-refractivity contribution in [3.63, 3.8) is 0 Å². The molecule has 0 aliphatic carbocycles. The highest BCUT2D eigenvalue weighted by Crippen LogP contribution is 2.04. The van der Waals surface area contributed by atoms with Crippen LogP contribution in [0, 0.1) is 0 Å². The molecule has 1 fully saturated rings. The SMILES string of the molecule is CCOC(=O)N1CCCN(CCN)CC1. The maximum atomic E-state index is 11.5. The number of rotatable bonds is 3. The molecular weight excluding hydrogens is 194 g/mol. The molecule has 88 valence electrons. The van der Waals surface area contributed by atoms with E-state index in [2.05, 4.69) is 4.90 Å². The summed E-state index contributed by atoms with van der Waals surface area (Å²) in [5.74, 6) is 0. The molecule has 1 saturated heterocycles. The van der Waals surface area contributed by atoms with Crippen molar-refractivity contribution in [2.45, 2.75) is 13.3 Å². The molecule has 2 N–H and O–H groups in total. The summed E-state index contributed by atoms with van der Waals surface area (Å²) in [4.78, 5) is 15.5. The predicted octanol–water partition coefficient (Wildman–Crippen LogP) is 0.109. The first kappa shape index (κ1) is 12.3. The van der Waals surface area contributed by atoms with Gasteiger partial charge in [-0.1, -0.05) is 0 Å². The molecule has 0 aromatic rings. The molecule has 0 radical (unpaired) electrons. The van der Waals surface area contributed by atoms with Gasteiger partial charge in [-0.2, -0.15) is 0 Å². The van der Waals surface area contributed by atoms with Crippen molar-refractivity contribution in [1.82, 2.24) is 9.80 Å². The lowest BCUT2D eigenvalue weighted by molar-refractivity contribution is 0.108. The number of ether oxygens (including phenoxy) is 1.